The summed E-state index contributed by atoms with van der Waals surface area (Å²) in [6, 6.07) is 12.0. The standard InChI is InChI=1S/C14H11FO.Ni/c1-10-8-13(16-2)6-7-14(10)11-4-3-5-12(15)9-11;/h1,3-9H,2H3;. The molecule has 0 aliphatic carbocycles. The van der Waals surface area contributed by atoms with Crippen LogP contribution < -0.4 is 4.74 Å². The molecule has 0 N–H and O–H groups in total. The van der Waals surface area contributed by atoms with Crippen molar-refractivity contribution in [3.05, 3.63) is 53.8 Å². The van der Waals surface area contributed by atoms with Crippen molar-refractivity contribution in [1.29, 1.82) is 0 Å². The first-order valence-corrected chi connectivity index (χ1v) is 5.65. The summed E-state index contributed by atoms with van der Waals surface area (Å²) in [6.07, 6.45) is 0. The van der Waals surface area contributed by atoms with Gasteiger partial charge in [0.15, 0.2) is 0 Å². The molecule has 0 atom stereocenters. The third-order valence-corrected chi connectivity index (χ3v) is 2.80. The molecule has 17 heavy (non-hydrogen) atoms. The van der Waals surface area contributed by atoms with Crippen LogP contribution in [0.5, 0.6) is 5.75 Å². The molecule has 0 saturated carbocycles. The molecule has 2 rings (SSSR count). The topological polar surface area (TPSA) is 9.23 Å². The molecule has 0 aromatic heterocycles. The first-order valence-electron chi connectivity index (χ1n) is 5.08. The molecule has 0 amide bonds. The van der Waals surface area contributed by atoms with Gasteiger partial charge in [0.2, 0.25) is 0 Å². The van der Waals surface area contributed by atoms with Gasteiger partial charge in [-0.05, 0) is 0 Å². The molecule has 3 heteroatoms. The zero-order valence-electron chi connectivity index (χ0n) is 9.22. The van der Waals surface area contributed by atoms with Crippen molar-refractivity contribution in [1.82, 2.24) is 0 Å². The summed E-state index contributed by atoms with van der Waals surface area (Å²) in [6.45, 7) is 0. The molecule has 0 aliphatic rings. The number of benzene rings is 2. The summed E-state index contributed by atoms with van der Waals surface area (Å²) in [7, 11) is 1.60. The van der Waals surface area contributed by atoms with Crippen LogP contribution in [0.4, 0.5) is 4.39 Å². The van der Waals surface area contributed by atoms with Crippen LogP contribution in [0.2, 0.25) is 0 Å². The van der Waals surface area contributed by atoms with E-state index in [-0.39, 0.29) is 5.82 Å². The number of methoxy groups -OCH3 is 1. The van der Waals surface area contributed by atoms with Crippen molar-refractivity contribution in [3.63, 3.8) is 0 Å². The van der Waals surface area contributed by atoms with E-state index in [2.05, 4.69) is 15.0 Å². The third-order valence-electron chi connectivity index (χ3n) is 2.49. The second-order valence-electron chi connectivity index (χ2n) is 3.55. The van der Waals surface area contributed by atoms with E-state index < -0.39 is 0 Å². The van der Waals surface area contributed by atoms with Crippen LogP contribution in [0.15, 0.2) is 42.5 Å². The van der Waals surface area contributed by atoms with E-state index in [1.54, 1.807) is 18.2 Å². The average Bonchev–Trinajstić information content (AvgIpc) is 2.38. The van der Waals surface area contributed by atoms with Crippen LogP contribution in [-0.2, 0) is 15.0 Å². The second kappa shape index (κ2) is 5.24. The maximum absolute atomic E-state index is 13.2. The van der Waals surface area contributed by atoms with E-state index in [0.29, 0.717) is 0 Å². The van der Waals surface area contributed by atoms with Gasteiger partial charge in [-0.25, -0.2) is 0 Å². The van der Waals surface area contributed by atoms with Crippen molar-refractivity contribution < 1.29 is 24.2 Å². The summed E-state index contributed by atoms with van der Waals surface area (Å²) in [5.41, 5.74) is 2.60. The summed E-state index contributed by atoms with van der Waals surface area (Å²) in [4.78, 5) is 1.61. The van der Waals surface area contributed by atoms with E-state index in [1.807, 2.05) is 24.3 Å². The van der Waals surface area contributed by atoms with Crippen LogP contribution >= 0.6 is 0 Å². The van der Waals surface area contributed by atoms with Gasteiger partial charge in [-0.3, -0.25) is 0 Å². The van der Waals surface area contributed by atoms with Crippen LogP contribution in [0.25, 0.3) is 11.1 Å². The molecule has 0 bridgehead atoms. The fourth-order valence-electron chi connectivity index (χ4n) is 1.66. The molecule has 0 aliphatic heterocycles. The summed E-state index contributed by atoms with van der Waals surface area (Å²) in [5.74, 6) is 0.491. The summed E-state index contributed by atoms with van der Waals surface area (Å²) < 4.78 is 18.3. The van der Waals surface area contributed by atoms with Crippen LogP contribution in [-0.4, -0.2) is 12.1 Å². The molecule has 0 saturated heterocycles. The molecule has 2 aromatic carbocycles. The van der Waals surface area contributed by atoms with Gasteiger partial charge >= 0.3 is 107 Å². The fraction of sp³-hybridized carbons (Fsp3) is 0.0714. The molecule has 0 radical (unpaired) electrons. The van der Waals surface area contributed by atoms with E-state index in [9.17, 15) is 4.39 Å². The Hall–Kier alpha value is -1.47. The predicted molar refractivity (Wildman–Crippen MR) is 63.6 cm³/mol. The van der Waals surface area contributed by atoms with Gasteiger partial charge in [0, 0.05) is 0 Å². The Balaban J connectivity index is 2.55. The first-order chi connectivity index (χ1) is 8.24. The quantitative estimate of drug-likeness (QED) is 0.780. The Morgan fingerprint density at radius 2 is 2.00 bits per heavy atom. The Morgan fingerprint density at radius 1 is 1.18 bits per heavy atom. The fourth-order valence-corrected chi connectivity index (χ4v) is 1.90. The third kappa shape index (κ3) is 2.62. The maximum atomic E-state index is 13.2. The SMILES string of the molecule is COc1ccc(-c2cccc(F)c2)c([CH]=[Ni])c1. The normalized spacial score (nSPS) is 10.1. The van der Waals surface area contributed by atoms with Gasteiger partial charge < -0.3 is 0 Å². The van der Waals surface area contributed by atoms with Crippen LogP contribution in [0.1, 0.15) is 5.56 Å². The van der Waals surface area contributed by atoms with Crippen LogP contribution in [0, 0.1) is 5.82 Å². The Labute approximate surface area is 107 Å². The van der Waals surface area contributed by atoms with Crippen LogP contribution in [0.3, 0.4) is 0 Å². The van der Waals surface area contributed by atoms with Gasteiger partial charge in [0.1, 0.15) is 0 Å². The van der Waals surface area contributed by atoms with Gasteiger partial charge in [-0.15, -0.1) is 0 Å². The van der Waals surface area contributed by atoms with Gasteiger partial charge in [0.05, 0.1) is 0 Å². The van der Waals surface area contributed by atoms with Crippen molar-refractivity contribution in [2.75, 3.05) is 7.11 Å². The van der Waals surface area contributed by atoms with E-state index >= 15 is 0 Å². The van der Waals surface area contributed by atoms with E-state index in [0.717, 1.165) is 22.4 Å². The Morgan fingerprint density at radius 3 is 2.65 bits per heavy atom. The average molecular weight is 273 g/mol. The minimum absolute atomic E-state index is 0.252. The molecule has 1 nitrogen and oxygen atoms in total. The molecular weight excluding hydrogens is 262 g/mol. The zero-order chi connectivity index (χ0) is 12.3. The second-order valence-corrected chi connectivity index (χ2v) is 3.84. The molecule has 2 aromatic rings. The Kier molecular flexibility index (Phi) is 3.70. The minimum atomic E-state index is -0.252. The van der Waals surface area contributed by atoms with Gasteiger partial charge in [-0.2, -0.15) is 0 Å². The number of halogens is 1. The van der Waals surface area contributed by atoms with Crippen molar-refractivity contribution >= 4 is 4.99 Å². The summed E-state index contributed by atoms with van der Waals surface area (Å²) >= 11 is 4.67. The van der Waals surface area contributed by atoms with Crippen molar-refractivity contribution in [3.8, 4) is 16.9 Å². The number of hydrogen-bond donors (Lipinski definition) is 0. The monoisotopic (exact) mass is 272 g/mol. The molecule has 0 spiro atoms. The van der Waals surface area contributed by atoms with E-state index in [1.165, 1.54) is 12.1 Å². The first kappa shape index (κ1) is 12.0. The molecular formula is C14H11FNiO. The Bertz CT molecular complexity index is 552. The number of rotatable bonds is 3. The molecule has 0 heterocycles. The number of ether oxygens (including phenoxy) is 1. The van der Waals surface area contributed by atoms with Crippen molar-refractivity contribution in [2.45, 2.75) is 0 Å². The zero-order valence-corrected chi connectivity index (χ0v) is 10.2. The summed E-state index contributed by atoms with van der Waals surface area (Å²) in [5, 5.41) is 0. The molecule has 90 valence electrons. The van der Waals surface area contributed by atoms with E-state index in [4.69, 9.17) is 4.74 Å². The molecule has 0 unspecified atom stereocenters. The molecule has 0 fully saturated rings. The predicted octanol–water partition coefficient (Wildman–Crippen LogP) is 3.20. The number of hydrogen-bond acceptors (Lipinski definition) is 1. The van der Waals surface area contributed by atoms with Gasteiger partial charge in [0.25, 0.3) is 0 Å². The van der Waals surface area contributed by atoms with Crippen molar-refractivity contribution in [2.24, 2.45) is 0 Å². The van der Waals surface area contributed by atoms with Gasteiger partial charge in [-0.1, -0.05) is 0 Å².